The van der Waals surface area contributed by atoms with Gasteiger partial charge in [0.2, 0.25) is 0 Å². The summed E-state index contributed by atoms with van der Waals surface area (Å²) in [4.78, 5) is 2.46. The number of aliphatic hydroxyl groups is 1. The molecule has 0 aliphatic carbocycles. The van der Waals surface area contributed by atoms with E-state index in [9.17, 15) is 5.11 Å². The summed E-state index contributed by atoms with van der Waals surface area (Å²) in [5, 5.41) is 9.77. The second-order valence-electron chi connectivity index (χ2n) is 4.63. The molecule has 0 aromatic heterocycles. The molecule has 2 unspecified atom stereocenters. The Hall–Kier alpha value is -0.670. The molecule has 2 atom stereocenters. The van der Waals surface area contributed by atoms with Crippen LogP contribution in [0.3, 0.4) is 0 Å². The van der Waals surface area contributed by atoms with Gasteiger partial charge in [-0.15, -0.1) is 0 Å². The number of anilines is 1. The number of rotatable bonds is 3. The third-order valence-corrected chi connectivity index (χ3v) is 4.55. The van der Waals surface area contributed by atoms with Gasteiger partial charge in [-0.05, 0) is 31.0 Å². The van der Waals surface area contributed by atoms with E-state index in [1.54, 1.807) is 0 Å². The van der Waals surface area contributed by atoms with E-state index < -0.39 is 0 Å². The van der Waals surface area contributed by atoms with Crippen LogP contribution in [0, 0.1) is 0 Å². The maximum atomic E-state index is 9.77. The van der Waals surface area contributed by atoms with Gasteiger partial charge in [-0.3, -0.25) is 0 Å². The van der Waals surface area contributed by atoms with Gasteiger partial charge in [-0.2, -0.15) is 11.8 Å². The Balaban J connectivity index is 2.11. The predicted molar refractivity (Wildman–Crippen MR) is 75.8 cm³/mol. The van der Waals surface area contributed by atoms with E-state index in [4.69, 9.17) is 0 Å². The van der Waals surface area contributed by atoms with Crippen LogP contribution >= 0.6 is 11.8 Å². The minimum atomic E-state index is -0.321. The average Bonchev–Trinajstić information content (AvgIpc) is 2.39. The lowest BCUT2D eigenvalue weighted by molar-refractivity contribution is 0.173. The molecule has 94 valence electrons. The summed E-state index contributed by atoms with van der Waals surface area (Å²) in [5.41, 5.74) is 2.31. The first kappa shape index (κ1) is 12.8. The fraction of sp³-hybridized carbons (Fsp3) is 0.571. The Morgan fingerprint density at radius 3 is 2.71 bits per heavy atom. The van der Waals surface area contributed by atoms with Crippen LogP contribution in [0.4, 0.5) is 5.69 Å². The molecule has 1 saturated heterocycles. The lowest BCUT2D eigenvalue weighted by atomic mass is 10.1. The molecule has 0 bridgehead atoms. The molecule has 1 aliphatic rings. The minimum Gasteiger partial charge on any atom is -0.388 e. The van der Waals surface area contributed by atoms with Gasteiger partial charge < -0.3 is 10.0 Å². The van der Waals surface area contributed by atoms with Crippen molar-refractivity contribution >= 4 is 17.4 Å². The van der Waals surface area contributed by atoms with Crippen LogP contribution in [-0.2, 0) is 0 Å². The molecular formula is C14H21NOS. The van der Waals surface area contributed by atoms with Gasteiger partial charge in [-0.1, -0.05) is 19.1 Å². The summed E-state index contributed by atoms with van der Waals surface area (Å²) in [5.74, 6) is 2.42. The van der Waals surface area contributed by atoms with E-state index >= 15 is 0 Å². The van der Waals surface area contributed by atoms with Crippen LogP contribution in [0.1, 0.15) is 31.9 Å². The second kappa shape index (κ2) is 5.78. The number of thioether (sulfide) groups is 1. The van der Waals surface area contributed by atoms with E-state index in [1.165, 1.54) is 17.2 Å². The molecule has 1 heterocycles. The number of aliphatic hydroxyl groups excluding tert-OH is 1. The summed E-state index contributed by atoms with van der Waals surface area (Å²) < 4.78 is 0. The molecule has 0 spiro atoms. The Morgan fingerprint density at radius 1 is 1.41 bits per heavy atom. The van der Waals surface area contributed by atoms with E-state index in [0.29, 0.717) is 6.04 Å². The molecule has 3 heteroatoms. The largest absolute Gasteiger partial charge is 0.388 e. The quantitative estimate of drug-likeness (QED) is 0.893. The van der Waals surface area contributed by atoms with Crippen molar-refractivity contribution in [1.29, 1.82) is 0 Å². The summed E-state index contributed by atoms with van der Waals surface area (Å²) in [6.07, 6.45) is 0.453. The fourth-order valence-electron chi connectivity index (χ4n) is 2.23. The molecule has 1 N–H and O–H groups in total. The summed E-state index contributed by atoms with van der Waals surface area (Å²) in [6, 6.07) is 8.99. The van der Waals surface area contributed by atoms with Crippen LogP contribution in [0.25, 0.3) is 0 Å². The highest BCUT2D eigenvalue weighted by molar-refractivity contribution is 7.99. The third-order valence-electron chi connectivity index (χ3n) is 3.36. The summed E-state index contributed by atoms with van der Waals surface area (Å²) >= 11 is 2.03. The van der Waals surface area contributed by atoms with E-state index in [-0.39, 0.29) is 6.10 Å². The van der Waals surface area contributed by atoms with Gasteiger partial charge in [0.1, 0.15) is 0 Å². The van der Waals surface area contributed by atoms with Crippen molar-refractivity contribution < 1.29 is 5.11 Å². The Bertz CT molecular complexity index is 352. The lowest BCUT2D eigenvalue weighted by Gasteiger charge is -2.35. The van der Waals surface area contributed by atoms with Gasteiger partial charge in [0.25, 0.3) is 0 Å². The molecule has 17 heavy (non-hydrogen) atoms. The van der Waals surface area contributed by atoms with Crippen molar-refractivity contribution in [3.63, 3.8) is 0 Å². The average molecular weight is 251 g/mol. The van der Waals surface area contributed by atoms with Gasteiger partial charge in [-0.25, -0.2) is 0 Å². The van der Waals surface area contributed by atoms with E-state index in [2.05, 4.69) is 36.1 Å². The van der Waals surface area contributed by atoms with Crippen molar-refractivity contribution in [1.82, 2.24) is 0 Å². The number of hydrogen-bond donors (Lipinski definition) is 1. The zero-order valence-corrected chi connectivity index (χ0v) is 11.4. The maximum Gasteiger partial charge on any atom is 0.0787 e. The minimum absolute atomic E-state index is 0.321. The summed E-state index contributed by atoms with van der Waals surface area (Å²) in [6.45, 7) is 5.41. The topological polar surface area (TPSA) is 23.5 Å². The van der Waals surface area contributed by atoms with Crippen molar-refractivity contribution in [2.45, 2.75) is 32.4 Å². The van der Waals surface area contributed by atoms with Crippen molar-refractivity contribution in [2.75, 3.05) is 23.0 Å². The van der Waals surface area contributed by atoms with Crippen molar-refractivity contribution in [3.05, 3.63) is 29.8 Å². The Kier molecular flexibility index (Phi) is 4.35. The number of benzene rings is 1. The number of hydrogen-bond acceptors (Lipinski definition) is 3. The second-order valence-corrected chi connectivity index (χ2v) is 5.78. The van der Waals surface area contributed by atoms with Gasteiger partial charge in [0, 0.05) is 29.8 Å². The van der Waals surface area contributed by atoms with Crippen LogP contribution < -0.4 is 4.90 Å². The SMILES string of the molecule is CCC(O)c1ccc(N2CCSCC2C)cc1. The maximum absolute atomic E-state index is 9.77. The van der Waals surface area contributed by atoms with Gasteiger partial charge in [0.05, 0.1) is 6.10 Å². The first-order valence-electron chi connectivity index (χ1n) is 6.34. The van der Waals surface area contributed by atoms with Crippen molar-refractivity contribution in [3.8, 4) is 0 Å². The molecule has 1 fully saturated rings. The monoisotopic (exact) mass is 251 g/mol. The van der Waals surface area contributed by atoms with E-state index in [0.717, 1.165) is 18.5 Å². The van der Waals surface area contributed by atoms with Gasteiger partial charge >= 0.3 is 0 Å². The molecule has 0 amide bonds. The number of nitrogens with zero attached hydrogens (tertiary/aromatic N) is 1. The van der Waals surface area contributed by atoms with Crippen LogP contribution in [0.2, 0.25) is 0 Å². The smallest absolute Gasteiger partial charge is 0.0787 e. The first-order chi connectivity index (χ1) is 8.22. The summed E-state index contributed by atoms with van der Waals surface area (Å²) in [7, 11) is 0. The highest BCUT2D eigenvalue weighted by atomic mass is 32.2. The van der Waals surface area contributed by atoms with Crippen LogP contribution in [-0.4, -0.2) is 29.2 Å². The molecule has 2 rings (SSSR count). The molecule has 1 aromatic carbocycles. The molecule has 2 nitrogen and oxygen atoms in total. The molecule has 1 aliphatic heterocycles. The standard InChI is InChI=1S/C14H21NOS/c1-3-14(16)12-4-6-13(7-5-12)15-8-9-17-10-11(15)2/h4-7,11,14,16H,3,8-10H2,1-2H3. The van der Waals surface area contributed by atoms with Gasteiger partial charge in [0.15, 0.2) is 0 Å². The van der Waals surface area contributed by atoms with E-state index in [1.807, 2.05) is 18.7 Å². The first-order valence-corrected chi connectivity index (χ1v) is 7.50. The zero-order valence-electron chi connectivity index (χ0n) is 10.6. The zero-order chi connectivity index (χ0) is 12.3. The highest BCUT2D eigenvalue weighted by Crippen LogP contribution is 2.26. The molecule has 0 saturated carbocycles. The normalized spacial score (nSPS) is 22.5. The molecular weight excluding hydrogens is 230 g/mol. The Labute approximate surface area is 108 Å². The lowest BCUT2D eigenvalue weighted by Crippen LogP contribution is -2.40. The molecule has 0 radical (unpaired) electrons. The highest BCUT2D eigenvalue weighted by Gasteiger charge is 2.18. The van der Waals surface area contributed by atoms with Crippen LogP contribution in [0.5, 0.6) is 0 Å². The fourth-order valence-corrected chi connectivity index (χ4v) is 3.25. The Morgan fingerprint density at radius 2 is 2.12 bits per heavy atom. The van der Waals surface area contributed by atoms with Crippen LogP contribution in [0.15, 0.2) is 24.3 Å². The predicted octanol–water partition coefficient (Wildman–Crippen LogP) is 3.07. The van der Waals surface area contributed by atoms with Crippen molar-refractivity contribution in [2.24, 2.45) is 0 Å². The third kappa shape index (κ3) is 2.96. The molecule has 1 aromatic rings.